The maximum absolute atomic E-state index is 12.5. The molecule has 4 unspecified atom stereocenters. The van der Waals surface area contributed by atoms with Crippen molar-refractivity contribution < 1.29 is 14.3 Å². The molecule has 4 N–H and O–H groups in total. The van der Waals surface area contributed by atoms with Crippen molar-refractivity contribution in [3.05, 3.63) is 0 Å². The van der Waals surface area contributed by atoms with E-state index in [4.69, 9.17) is 10.5 Å². The Bertz CT molecular complexity index is 508. The summed E-state index contributed by atoms with van der Waals surface area (Å²) < 4.78 is 4.91. The Hall–Kier alpha value is -1.14. The number of carbonyl (C=O) groups is 2. The molecule has 24 heavy (non-hydrogen) atoms. The zero-order valence-electron chi connectivity index (χ0n) is 15.8. The fourth-order valence-corrected chi connectivity index (χ4v) is 3.92. The number of ether oxygens (including phenoxy) is 1. The van der Waals surface area contributed by atoms with Gasteiger partial charge in [-0.2, -0.15) is 0 Å². The van der Waals surface area contributed by atoms with Gasteiger partial charge in [0.2, 0.25) is 5.91 Å². The zero-order chi connectivity index (χ0) is 18.3. The summed E-state index contributed by atoms with van der Waals surface area (Å²) in [6.07, 6.45) is 1.64. The summed E-state index contributed by atoms with van der Waals surface area (Å²) in [7, 11) is 1.37. The Balaban J connectivity index is 1.88. The van der Waals surface area contributed by atoms with Crippen molar-refractivity contribution in [1.82, 2.24) is 10.6 Å². The van der Waals surface area contributed by atoms with E-state index in [1.54, 1.807) is 0 Å². The molecule has 0 heterocycles. The minimum absolute atomic E-state index is 0.135. The molecule has 138 valence electrons. The van der Waals surface area contributed by atoms with Gasteiger partial charge in [0.1, 0.15) is 5.54 Å². The van der Waals surface area contributed by atoms with E-state index < -0.39 is 11.6 Å². The number of carbonyl (C=O) groups excluding carboxylic acids is 2. The molecule has 6 nitrogen and oxygen atoms in total. The van der Waals surface area contributed by atoms with E-state index in [-0.39, 0.29) is 23.3 Å². The van der Waals surface area contributed by atoms with Crippen LogP contribution in [-0.4, -0.2) is 42.7 Å². The summed E-state index contributed by atoms with van der Waals surface area (Å²) in [5.74, 6) is 0.999. The Labute approximate surface area is 145 Å². The fourth-order valence-electron chi connectivity index (χ4n) is 3.92. The largest absolute Gasteiger partial charge is 0.467 e. The van der Waals surface area contributed by atoms with E-state index in [1.807, 2.05) is 6.92 Å². The summed E-state index contributed by atoms with van der Waals surface area (Å²) >= 11 is 0. The molecule has 0 saturated heterocycles. The van der Waals surface area contributed by atoms with Crippen LogP contribution in [0, 0.1) is 23.7 Å². The van der Waals surface area contributed by atoms with E-state index in [0.29, 0.717) is 30.7 Å². The molecule has 2 aliphatic rings. The number of rotatable bonds is 8. The van der Waals surface area contributed by atoms with Crippen LogP contribution in [0.3, 0.4) is 0 Å². The van der Waals surface area contributed by atoms with Gasteiger partial charge in [-0.3, -0.25) is 4.79 Å². The lowest BCUT2D eigenvalue weighted by Crippen LogP contribution is -2.54. The molecule has 0 bridgehead atoms. The third kappa shape index (κ3) is 3.59. The first-order valence-electron chi connectivity index (χ1n) is 9.00. The summed E-state index contributed by atoms with van der Waals surface area (Å²) in [4.78, 5) is 24.7. The van der Waals surface area contributed by atoms with Crippen molar-refractivity contribution in [2.45, 2.75) is 64.6 Å². The summed E-state index contributed by atoms with van der Waals surface area (Å²) in [6.45, 7) is 10.9. The minimum Gasteiger partial charge on any atom is -0.467 e. The topological polar surface area (TPSA) is 93.4 Å². The van der Waals surface area contributed by atoms with Gasteiger partial charge in [0.15, 0.2) is 0 Å². The molecule has 0 spiro atoms. The van der Waals surface area contributed by atoms with Gasteiger partial charge in [0.25, 0.3) is 0 Å². The Morgan fingerprint density at radius 2 is 1.71 bits per heavy atom. The van der Waals surface area contributed by atoms with E-state index in [9.17, 15) is 9.59 Å². The average molecular weight is 339 g/mol. The number of nitrogens with one attached hydrogen (secondary N) is 2. The predicted octanol–water partition coefficient (Wildman–Crippen LogP) is 1.04. The monoisotopic (exact) mass is 339 g/mol. The zero-order valence-corrected chi connectivity index (χ0v) is 15.8. The molecule has 5 atom stereocenters. The third-order valence-electron chi connectivity index (χ3n) is 5.83. The first-order chi connectivity index (χ1) is 11.1. The molecule has 0 aromatic carbocycles. The highest BCUT2D eigenvalue weighted by atomic mass is 16.5. The Kier molecular flexibility index (Phi) is 5.31. The van der Waals surface area contributed by atoms with Crippen LogP contribution >= 0.6 is 0 Å². The molecule has 2 fully saturated rings. The molecule has 0 aromatic rings. The first-order valence-corrected chi connectivity index (χ1v) is 9.00. The van der Waals surface area contributed by atoms with Crippen LogP contribution in [0.2, 0.25) is 0 Å². The molecule has 2 saturated carbocycles. The van der Waals surface area contributed by atoms with E-state index in [0.717, 1.165) is 6.42 Å². The van der Waals surface area contributed by atoms with E-state index in [1.165, 1.54) is 7.11 Å². The molecule has 1 amide bonds. The number of amides is 1. The quantitative estimate of drug-likeness (QED) is 0.575. The van der Waals surface area contributed by atoms with Gasteiger partial charge in [0, 0.05) is 12.1 Å². The highest BCUT2D eigenvalue weighted by molar-refractivity contribution is 5.93. The van der Waals surface area contributed by atoms with Crippen LogP contribution in [0.5, 0.6) is 0 Å². The second-order valence-electron chi connectivity index (χ2n) is 8.40. The molecule has 0 radical (unpaired) electrons. The minimum atomic E-state index is -0.851. The second-order valence-corrected chi connectivity index (χ2v) is 8.40. The van der Waals surface area contributed by atoms with Crippen molar-refractivity contribution in [2.24, 2.45) is 29.4 Å². The van der Waals surface area contributed by atoms with Gasteiger partial charge in [0.05, 0.1) is 13.2 Å². The van der Waals surface area contributed by atoms with Crippen molar-refractivity contribution in [1.29, 1.82) is 0 Å². The van der Waals surface area contributed by atoms with Crippen LogP contribution in [-0.2, 0) is 14.3 Å². The molecular weight excluding hydrogens is 306 g/mol. The summed E-state index contributed by atoms with van der Waals surface area (Å²) in [6, 6.07) is -0.395. The smallest absolute Gasteiger partial charge is 0.331 e. The molecule has 0 aromatic heterocycles. The normalized spacial score (nSPS) is 35.7. The SMILES string of the molecule is COC(=O)C1(NC(=O)[C@H](C)NCC2(N)CC2C(C)C)CC1C(C)C. The lowest BCUT2D eigenvalue weighted by Gasteiger charge is -2.23. The molecule has 0 aliphatic heterocycles. The van der Waals surface area contributed by atoms with Gasteiger partial charge in [-0.05, 0) is 43.4 Å². The molecule has 6 heteroatoms. The number of hydrogen-bond donors (Lipinski definition) is 3. The van der Waals surface area contributed by atoms with Gasteiger partial charge < -0.3 is 21.1 Å². The Morgan fingerprint density at radius 3 is 2.12 bits per heavy atom. The van der Waals surface area contributed by atoms with Gasteiger partial charge in [-0.25, -0.2) is 4.79 Å². The molecule has 2 aliphatic carbocycles. The standard InChI is InChI=1S/C18H33N3O3/c1-10(2)13-7-17(13,19)9-20-12(5)15(22)21-18(16(23)24-6)8-14(18)11(3)4/h10-14,20H,7-9,19H2,1-6H3,(H,21,22)/t12-,13?,14?,17?,18?/m0/s1. The van der Waals surface area contributed by atoms with Gasteiger partial charge >= 0.3 is 5.97 Å². The van der Waals surface area contributed by atoms with Crippen LogP contribution in [0.15, 0.2) is 0 Å². The first kappa shape index (κ1) is 19.2. The van der Waals surface area contributed by atoms with E-state index in [2.05, 4.69) is 38.3 Å². The van der Waals surface area contributed by atoms with Crippen molar-refractivity contribution in [3.8, 4) is 0 Å². The highest BCUT2D eigenvalue weighted by Crippen LogP contribution is 2.49. The predicted molar refractivity (Wildman–Crippen MR) is 93.2 cm³/mol. The maximum atomic E-state index is 12.5. The number of nitrogens with two attached hydrogens (primary N) is 1. The van der Waals surface area contributed by atoms with Crippen LogP contribution < -0.4 is 16.4 Å². The van der Waals surface area contributed by atoms with E-state index >= 15 is 0 Å². The van der Waals surface area contributed by atoms with Gasteiger partial charge in [-0.15, -0.1) is 0 Å². The van der Waals surface area contributed by atoms with Crippen molar-refractivity contribution in [2.75, 3.05) is 13.7 Å². The lowest BCUT2D eigenvalue weighted by molar-refractivity contribution is -0.147. The second kappa shape index (κ2) is 6.64. The number of esters is 1. The van der Waals surface area contributed by atoms with Crippen molar-refractivity contribution >= 4 is 11.9 Å². The van der Waals surface area contributed by atoms with Crippen LogP contribution in [0.1, 0.15) is 47.5 Å². The van der Waals surface area contributed by atoms with Crippen LogP contribution in [0.4, 0.5) is 0 Å². The number of methoxy groups -OCH3 is 1. The average Bonchev–Trinajstić information content (AvgIpc) is 3.39. The fraction of sp³-hybridized carbons (Fsp3) is 0.889. The summed E-state index contributed by atoms with van der Waals surface area (Å²) in [5, 5.41) is 6.16. The number of hydrogen-bond acceptors (Lipinski definition) is 5. The third-order valence-corrected chi connectivity index (χ3v) is 5.83. The maximum Gasteiger partial charge on any atom is 0.331 e. The lowest BCUT2D eigenvalue weighted by atomic mass is 10.0. The highest BCUT2D eigenvalue weighted by Gasteiger charge is 2.63. The van der Waals surface area contributed by atoms with Crippen molar-refractivity contribution in [3.63, 3.8) is 0 Å². The molecule has 2 rings (SSSR count). The van der Waals surface area contributed by atoms with Crippen LogP contribution in [0.25, 0.3) is 0 Å². The summed E-state index contributed by atoms with van der Waals surface area (Å²) in [5.41, 5.74) is 5.29. The molecular formula is C18H33N3O3. The Morgan fingerprint density at radius 1 is 1.12 bits per heavy atom. The van der Waals surface area contributed by atoms with Gasteiger partial charge in [-0.1, -0.05) is 27.7 Å².